The van der Waals surface area contributed by atoms with Crippen LogP contribution in [0.1, 0.15) is 0 Å². The first-order valence-electron chi connectivity index (χ1n) is 10.6. The first kappa shape index (κ1) is 27.9. The normalized spacial score (nSPS) is 52.5. The molecule has 3 rings (SSSR count). The van der Waals surface area contributed by atoms with Crippen molar-refractivity contribution in [3.8, 4) is 0 Å². The third kappa shape index (κ3) is 5.37. The van der Waals surface area contributed by atoms with Crippen molar-refractivity contribution < 1.29 is 79.9 Å². The summed E-state index contributed by atoms with van der Waals surface area (Å²) < 4.78 is 26.4. The molecule has 0 amide bonds. The predicted octanol–water partition coefficient (Wildman–Crippen LogP) is -7.57. The molecule has 0 saturated carbocycles. The third-order valence-electron chi connectivity index (χ3n) is 6.09. The molecule has 0 radical (unpaired) electrons. The van der Waals surface area contributed by atoms with Gasteiger partial charge in [0, 0.05) is 0 Å². The largest absolute Gasteiger partial charge is 0.394 e. The molecule has 0 aliphatic carbocycles. The number of ether oxygens (including phenoxy) is 5. The van der Waals surface area contributed by atoms with E-state index in [9.17, 15) is 56.2 Å². The Labute approximate surface area is 192 Å². The molecule has 1 unspecified atom stereocenters. The maximum atomic E-state index is 10.6. The van der Waals surface area contributed by atoms with Crippen molar-refractivity contribution in [3.05, 3.63) is 0 Å². The third-order valence-corrected chi connectivity index (χ3v) is 6.09. The van der Waals surface area contributed by atoms with Crippen molar-refractivity contribution in [1.29, 1.82) is 0 Å². The van der Waals surface area contributed by atoms with Crippen LogP contribution in [0.15, 0.2) is 0 Å². The highest BCUT2D eigenvalue weighted by molar-refractivity contribution is 4.96. The van der Waals surface area contributed by atoms with Crippen LogP contribution in [0.3, 0.4) is 0 Å². The summed E-state index contributed by atoms with van der Waals surface area (Å²) in [5.41, 5.74) is 0. The molecule has 200 valence electrons. The Kier molecular flexibility index (Phi) is 9.54. The van der Waals surface area contributed by atoms with Crippen molar-refractivity contribution >= 4 is 0 Å². The van der Waals surface area contributed by atoms with Crippen molar-refractivity contribution in [2.45, 2.75) is 92.1 Å². The molecule has 0 aromatic heterocycles. The van der Waals surface area contributed by atoms with Gasteiger partial charge in [0.2, 0.25) is 0 Å². The first-order valence-corrected chi connectivity index (χ1v) is 10.6. The van der Waals surface area contributed by atoms with E-state index in [0.29, 0.717) is 0 Å². The van der Waals surface area contributed by atoms with E-state index in [1.54, 1.807) is 0 Å². The van der Waals surface area contributed by atoms with Crippen LogP contribution in [-0.2, 0) is 23.7 Å². The van der Waals surface area contributed by atoms with Gasteiger partial charge in [-0.05, 0) is 0 Å². The van der Waals surface area contributed by atoms with Crippen LogP contribution in [0, 0.1) is 0 Å². The molecule has 0 spiro atoms. The van der Waals surface area contributed by atoms with Gasteiger partial charge in [0.25, 0.3) is 0 Å². The molecule has 34 heavy (non-hydrogen) atoms. The smallest absolute Gasteiger partial charge is 0.187 e. The minimum atomic E-state index is -1.91. The lowest BCUT2D eigenvalue weighted by atomic mass is 9.96. The molecule has 0 aromatic rings. The van der Waals surface area contributed by atoms with Crippen LogP contribution < -0.4 is 0 Å². The topological polar surface area (TPSA) is 269 Å². The van der Waals surface area contributed by atoms with Crippen molar-refractivity contribution in [2.24, 2.45) is 0 Å². The van der Waals surface area contributed by atoms with E-state index < -0.39 is 112 Å². The Morgan fingerprint density at radius 2 is 0.853 bits per heavy atom. The molecule has 16 heteroatoms. The summed E-state index contributed by atoms with van der Waals surface area (Å²) in [5, 5.41) is 109. The minimum absolute atomic E-state index is 0.741. The minimum Gasteiger partial charge on any atom is -0.394 e. The molecule has 15 atom stereocenters. The van der Waals surface area contributed by atoms with Crippen LogP contribution in [0.2, 0.25) is 0 Å². The van der Waals surface area contributed by atoms with Gasteiger partial charge in [-0.25, -0.2) is 0 Å². The summed E-state index contributed by atoms with van der Waals surface area (Å²) in [7, 11) is 0. The Balaban J connectivity index is 1.72. The molecule has 3 saturated heterocycles. The lowest BCUT2D eigenvalue weighted by molar-refractivity contribution is -0.377. The van der Waals surface area contributed by atoms with Gasteiger partial charge >= 0.3 is 0 Å². The van der Waals surface area contributed by atoms with Crippen LogP contribution in [0.4, 0.5) is 0 Å². The van der Waals surface area contributed by atoms with E-state index >= 15 is 0 Å². The highest BCUT2D eigenvalue weighted by atomic mass is 16.8. The van der Waals surface area contributed by atoms with Gasteiger partial charge in [0.05, 0.1) is 19.8 Å². The lowest BCUT2D eigenvalue weighted by Gasteiger charge is -2.47. The van der Waals surface area contributed by atoms with Gasteiger partial charge in [0.15, 0.2) is 18.9 Å². The molecule has 11 N–H and O–H groups in total. The van der Waals surface area contributed by atoms with Crippen LogP contribution in [0.5, 0.6) is 0 Å². The monoisotopic (exact) mass is 504 g/mol. The maximum Gasteiger partial charge on any atom is 0.187 e. The number of hydrogen-bond donors (Lipinski definition) is 11. The fraction of sp³-hybridized carbons (Fsp3) is 1.00. The average molecular weight is 504 g/mol. The van der Waals surface area contributed by atoms with Crippen LogP contribution >= 0.6 is 0 Å². The van der Waals surface area contributed by atoms with E-state index in [1.807, 2.05) is 0 Å². The Morgan fingerprint density at radius 3 is 1.35 bits per heavy atom. The van der Waals surface area contributed by atoms with E-state index in [4.69, 9.17) is 23.7 Å². The first-order chi connectivity index (χ1) is 16.0. The Bertz CT molecular complexity index is 635. The van der Waals surface area contributed by atoms with Crippen molar-refractivity contribution in [2.75, 3.05) is 19.8 Å². The number of hydrogen-bond acceptors (Lipinski definition) is 16. The summed E-state index contributed by atoms with van der Waals surface area (Å²) in [5.74, 6) is 0. The summed E-state index contributed by atoms with van der Waals surface area (Å²) in [6.07, 6.45) is -25.1. The second kappa shape index (κ2) is 11.6. The van der Waals surface area contributed by atoms with Gasteiger partial charge in [-0.2, -0.15) is 0 Å². The van der Waals surface area contributed by atoms with E-state index in [2.05, 4.69) is 0 Å². The predicted molar refractivity (Wildman–Crippen MR) is 101 cm³/mol. The van der Waals surface area contributed by atoms with Gasteiger partial charge in [-0.3, -0.25) is 0 Å². The Hall–Kier alpha value is -0.640. The fourth-order valence-corrected chi connectivity index (χ4v) is 4.06. The maximum absolute atomic E-state index is 10.6. The van der Waals surface area contributed by atoms with Gasteiger partial charge in [-0.15, -0.1) is 0 Å². The van der Waals surface area contributed by atoms with Crippen LogP contribution in [0.25, 0.3) is 0 Å². The fourth-order valence-electron chi connectivity index (χ4n) is 4.06. The van der Waals surface area contributed by atoms with Gasteiger partial charge < -0.3 is 79.9 Å². The van der Waals surface area contributed by atoms with Crippen molar-refractivity contribution in [3.63, 3.8) is 0 Å². The zero-order chi connectivity index (χ0) is 25.3. The molecule has 3 heterocycles. The average Bonchev–Trinajstić information content (AvgIpc) is 2.83. The zero-order valence-corrected chi connectivity index (χ0v) is 17.7. The molecule has 3 aliphatic rings. The van der Waals surface area contributed by atoms with E-state index in [1.165, 1.54) is 0 Å². The second-order valence-corrected chi connectivity index (χ2v) is 8.33. The molecule has 0 aromatic carbocycles. The zero-order valence-electron chi connectivity index (χ0n) is 17.7. The SMILES string of the molecule is OC[C@H]1O[C@H](O[C@H]2[C@H](O)[C@H](O)[C@@H](O[C@H]3[C@H](O)[C@@H](O)C(O)O[C@@H]3CO)O[C@@H]2CO)[C@@H](O)[C@@H](O)[C@@H]1O. The second-order valence-electron chi connectivity index (χ2n) is 8.33. The van der Waals surface area contributed by atoms with Gasteiger partial charge in [0.1, 0.15) is 73.2 Å². The summed E-state index contributed by atoms with van der Waals surface area (Å²) in [6, 6.07) is 0. The lowest BCUT2D eigenvalue weighted by Crippen LogP contribution is -2.66. The molecule has 3 fully saturated rings. The summed E-state index contributed by atoms with van der Waals surface area (Å²) >= 11 is 0. The molecular weight excluding hydrogens is 472 g/mol. The highest BCUT2D eigenvalue weighted by Gasteiger charge is 2.53. The molecule has 3 aliphatic heterocycles. The highest BCUT2D eigenvalue weighted by Crippen LogP contribution is 2.32. The van der Waals surface area contributed by atoms with Crippen LogP contribution in [-0.4, -0.2) is 168 Å². The standard InChI is InChI=1S/C18H32O16/c19-1-4-7(22)8(23)12(27)17(31-4)34-15-6(3-21)32-18(13(28)10(15)25)33-14-5(2-20)30-16(29)11(26)9(14)24/h4-29H,1-3H2/t4-,5-,6-,7-,8+,9-,10-,11-,12+,13+,14-,15-,16?,17-,18-/m1/s1. The Morgan fingerprint density at radius 1 is 0.441 bits per heavy atom. The van der Waals surface area contributed by atoms with E-state index in [0.717, 1.165) is 0 Å². The molecular formula is C18H32O16. The van der Waals surface area contributed by atoms with Crippen molar-refractivity contribution in [1.82, 2.24) is 0 Å². The van der Waals surface area contributed by atoms with Gasteiger partial charge in [-0.1, -0.05) is 0 Å². The number of rotatable bonds is 7. The quantitative estimate of drug-likeness (QED) is 0.154. The molecule has 0 bridgehead atoms. The summed E-state index contributed by atoms with van der Waals surface area (Å²) in [6.45, 7) is -2.32. The number of aliphatic hydroxyl groups excluding tert-OH is 11. The molecule has 16 nitrogen and oxygen atoms in total. The summed E-state index contributed by atoms with van der Waals surface area (Å²) in [4.78, 5) is 0. The van der Waals surface area contributed by atoms with E-state index in [-0.39, 0.29) is 0 Å². The number of aliphatic hydroxyl groups is 11.